The molecular weight excluding hydrogens is 308 g/mol. The second kappa shape index (κ2) is 5.29. The van der Waals surface area contributed by atoms with Crippen LogP contribution in [0.2, 0.25) is 0 Å². The van der Waals surface area contributed by atoms with E-state index in [0.717, 1.165) is 17.8 Å². The van der Waals surface area contributed by atoms with Crippen molar-refractivity contribution >= 4 is 11.6 Å². The number of carbonyl (C=O) groups excluding carboxylic acids is 1. The molecule has 7 nitrogen and oxygen atoms in total. The highest BCUT2D eigenvalue weighted by Gasteiger charge is 2.51. The summed E-state index contributed by atoms with van der Waals surface area (Å²) in [4.78, 5) is 25.1. The van der Waals surface area contributed by atoms with Gasteiger partial charge in [0.2, 0.25) is 5.69 Å². The Bertz CT molecular complexity index is 661. The van der Waals surface area contributed by atoms with Crippen LogP contribution in [0.25, 0.3) is 0 Å². The molecule has 0 saturated heterocycles. The van der Waals surface area contributed by atoms with Gasteiger partial charge in [0.05, 0.1) is 4.92 Å². The summed E-state index contributed by atoms with van der Waals surface area (Å²) in [6, 6.07) is 0. The van der Waals surface area contributed by atoms with Gasteiger partial charge in [0.15, 0.2) is 0 Å². The van der Waals surface area contributed by atoms with Crippen molar-refractivity contribution in [1.29, 1.82) is 0 Å². The fourth-order valence-electron chi connectivity index (χ4n) is 6.04. The zero-order valence-corrected chi connectivity index (χ0v) is 14.2. The van der Waals surface area contributed by atoms with Crippen LogP contribution in [0.15, 0.2) is 0 Å². The van der Waals surface area contributed by atoms with Crippen molar-refractivity contribution in [3.05, 3.63) is 21.5 Å². The van der Waals surface area contributed by atoms with Crippen LogP contribution in [-0.2, 0) is 0 Å². The molecule has 5 rings (SSSR count). The number of nitrogens with one attached hydrogen (secondary N) is 1. The van der Waals surface area contributed by atoms with Crippen molar-refractivity contribution in [3.63, 3.8) is 0 Å². The maximum atomic E-state index is 12.7. The minimum Gasteiger partial charge on any atom is -0.340 e. The molecule has 1 aromatic heterocycles. The normalized spacial score (nSPS) is 33.7. The monoisotopic (exact) mass is 332 g/mol. The molecule has 0 atom stereocenters. The lowest BCUT2D eigenvalue weighted by Crippen LogP contribution is -2.51. The molecule has 0 aliphatic heterocycles. The van der Waals surface area contributed by atoms with Gasteiger partial charge in [0.25, 0.3) is 5.91 Å². The van der Waals surface area contributed by atoms with Crippen LogP contribution in [0.1, 0.15) is 54.7 Å². The number of H-pyrrole nitrogens is 1. The number of amides is 1. The molecule has 0 unspecified atom stereocenters. The van der Waals surface area contributed by atoms with Gasteiger partial charge in [0.1, 0.15) is 5.69 Å². The maximum Gasteiger partial charge on any atom is 0.322 e. The molecule has 1 aromatic rings. The predicted molar refractivity (Wildman–Crippen MR) is 87.5 cm³/mol. The van der Waals surface area contributed by atoms with Crippen molar-refractivity contribution < 1.29 is 9.72 Å². The number of aryl methyl sites for hydroxylation is 1. The first-order valence-electron chi connectivity index (χ1n) is 8.82. The first kappa shape index (κ1) is 15.6. The van der Waals surface area contributed by atoms with Crippen molar-refractivity contribution in [3.8, 4) is 0 Å². The molecule has 24 heavy (non-hydrogen) atoms. The van der Waals surface area contributed by atoms with Gasteiger partial charge in [-0.25, -0.2) is 0 Å². The number of aromatic amines is 1. The van der Waals surface area contributed by atoms with E-state index in [-0.39, 0.29) is 22.7 Å². The van der Waals surface area contributed by atoms with E-state index in [1.165, 1.54) is 38.5 Å². The predicted octanol–water partition coefficient (Wildman–Crippen LogP) is 2.91. The largest absolute Gasteiger partial charge is 0.340 e. The van der Waals surface area contributed by atoms with Crippen molar-refractivity contribution in [2.75, 3.05) is 13.6 Å². The molecule has 4 aliphatic carbocycles. The second-order valence-corrected chi connectivity index (χ2v) is 8.38. The third kappa shape index (κ3) is 2.41. The average Bonchev–Trinajstić information content (AvgIpc) is 2.86. The molecule has 4 fully saturated rings. The van der Waals surface area contributed by atoms with E-state index in [1.54, 1.807) is 18.9 Å². The summed E-state index contributed by atoms with van der Waals surface area (Å²) in [7, 11) is 1.76. The fraction of sp³-hybridized carbons (Fsp3) is 0.765. The summed E-state index contributed by atoms with van der Waals surface area (Å²) < 4.78 is 0. The Hall–Kier alpha value is -1.92. The molecule has 1 N–H and O–H groups in total. The number of nitrogens with zero attached hydrogens (tertiary/aromatic N) is 3. The lowest BCUT2D eigenvalue weighted by atomic mass is 9.49. The van der Waals surface area contributed by atoms with E-state index < -0.39 is 4.92 Å². The van der Waals surface area contributed by atoms with E-state index >= 15 is 0 Å². The molecule has 0 aromatic carbocycles. The molecule has 130 valence electrons. The lowest BCUT2D eigenvalue weighted by Gasteiger charge is -2.57. The number of aromatic nitrogens is 2. The minimum absolute atomic E-state index is 0.0651. The number of carbonyl (C=O) groups is 1. The van der Waals surface area contributed by atoms with Crippen LogP contribution in [0.3, 0.4) is 0 Å². The fourth-order valence-corrected chi connectivity index (χ4v) is 6.04. The molecule has 7 heteroatoms. The van der Waals surface area contributed by atoms with Gasteiger partial charge in [-0.05, 0) is 68.6 Å². The Morgan fingerprint density at radius 1 is 1.29 bits per heavy atom. The molecule has 4 bridgehead atoms. The van der Waals surface area contributed by atoms with E-state index in [0.29, 0.717) is 12.2 Å². The topological polar surface area (TPSA) is 92.1 Å². The third-order valence-electron chi connectivity index (χ3n) is 6.38. The first-order chi connectivity index (χ1) is 11.4. The highest BCUT2D eigenvalue weighted by atomic mass is 16.6. The van der Waals surface area contributed by atoms with E-state index in [2.05, 4.69) is 10.2 Å². The van der Waals surface area contributed by atoms with Crippen molar-refractivity contribution in [1.82, 2.24) is 15.1 Å². The number of rotatable bonds is 4. The Morgan fingerprint density at radius 3 is 2.33 bits per heavy atom. The van der Waals surface area contributed by atoms with Crippen molar-refractivity contribution in [2.24, 2.45) is 23.2 Å². The summed E-state index contributed by atoms with van der Waals surface area (Å²) in [5.74, 6) is 2.12. The molecule has 4 aliphatic rings. The van der Waals surface area contributed by atoms with E-state index in [1.807, 2.05) is 0 Å². The van der Waals surface area contributed by atoms with E-state index in [4.69, 9.17) is 0 Å². The van der Waals surface area contributed by atoms with Gasteiger partial charge in [0, 0.05) is 13.6 Å². The number of hydrogen-bond donors (Lipinski definition) is 1. The number of hydrogen-bond acceptors (Lipinski definition) is 4. The van der Waals surface area contributed by atoms with Gasteiger partial charge in [-0.15, -0.1) is 0 Å². The zero-order chi connectivity index (χ0) is 17.1. The average molecular weight is 332 g/mol. The molecule has 0 spiro atoms. The highest BCUT2D eigenvalue weighted by molar-refractivity contribution is 5.96. The smallest absolute Gasteiger partial charge is 0.322 e. The number of nitro groups is 1. The van der Waals surface area contributed by atoms with Crippen LogP contribution < -0.4 is 0 Å². The first-order valence-corrected chi connectivity index (χ1v) is 8.82. The maximum absolute atomic E-state index is 12.7. The molecule has 1 amide bonds. The Kier molecular flexibility index (Phi) is 3.44. The summed E-state index contributed by atoms with van der Waals surface area (Å²) in [5.41, 5.74) is 0.285. The quantitative estimate of drug-likeness (QED) is 0.678. The molecular formula is C17H24N4O3. The highest BCUT2D eigenvalue weighted by Crippen LogP contribution is 2.60. The zero-order valence-electron chi connectivity index (χ0n) is 14.2. The van der Waals surface area contributed by atoms with E-state index in [9.17, 15) is 14.9 Å². The van der Waals surface area contributed by atoms with Gasteiger partial charge < -0.3 is 4.90 Å². The van der Waals surface area contributed by atoms with Crippen LogP contribution in [-0.4, -0.2) is 39.5 Å². The Morgan fingerprint density at radius 2 is 1.83 bits per heavy atom. The van der Waals surface area contributed by atoms with Crippen LogP contribution >= 0.6 is 0 Å². The molecule has 0 radical (unpaired) electrons. The molecule has 4 saturated carbocycles. The lowest BCUT2D eigenvalue weighted by molar-refractivity contribution is -0.385. The van der Waals surface area contributed by atoms with Gasteiger partial charge in [-0.1, -0.05) is 0 Å². The SMILES string of the molecule is Cc1[nH]nc(C(=O)N(C)CC23CC4CC(CC(C4)C2)C3)c1[N+](=O)[O-]. The van der Waals surface area contributed by atoms with Gasteiger partial charge in [-0.3, -0.25) is 20.0 Å². The van der Waals surface area contributed by atoms with Crippen LogP contribution in [0, 0.1) is 40.2 Å². The summed E-state index contributed by atoms with van der Waals surface area (Å²) in [6.07, 6.45) is 7.71. The Labute approximate surface area is 140 Å². The van der Waals surface area contributed by atoms with Crippen molar-refractivity contribution in [2.45, 2.75) is 45.4 Å². The summed E-state index contributed by atoms with van der Waals surface area (Å²) >= 11 is 0. The second-order valence-electron chi connectivity index (χ2n) is 8.38. The molecule has 1 heterocycles. The standard InChI is InChI=1S/C17H24N4O3/c1-10-15(21(23)24)14(19-18-10)16(22)20(2)9-17-6-11-3-12(7-17)5-13(4-11)8-17/h11-13H,3-9H2,1-2H3,(H,18,19). The summed E-state index contributed by atoms with van der Waals surface area (Å²) in [5, 5.41) is 17.7. The third-order valence-corrected chi connectivity index (χ3v) is 6.38. The van der Waals surface area contributed by atoms with Crippen LogP contribution in [0.5, 0.6) is 0 Å². The van der Waals surface area contributed by atoms with Crippen LogP contribution in [0.4, 0.5) is 5.69 Å². The Balaban J connectivity index is 1.53. The van der Waals surface area contributed by atoms with Gasteiger partial charge in [-0.2, -0.15) is 5.10 Å². The summed E-state index contributed by atoms with van der Waals surface area (Å²) in [6.45, 7) is 2.26. The minimum atomic E-state index is -0.523. The van der Waals surface area contributed by atoms with Gasteiger partial charge >= 0.3 is 5.69 Å².